The van der Waals surface area contributed by atoms with E-state index in [-0.39, 0.29) is 0 Å². The zero-order valence-electron chi connectivity index (χ0n) is 10.3. The smallest absolute Gasteiger partial charge is 0.122 e. The Kier molecular flexibility index (Phi) is 4.02. The Balaban J connectivity index is 1.84. The molecule has 1 fully saturated rings. The maximum absolute atomic E-state index is 5.50. The van der Waals surface area contributed by atoms with Crippen LogP contribution in [-0.2, 0) is 13.1 Å². The molecule has 1 heterocycles. The molecule has 1 aliphatic rings. The van der Waals surface area contributed by atoms with E-state index in [4.69, 9.17) is 4.42 Å². The van der Waals surface area contributed by atoms with Crippen LogP contribution in [0.25, 0.3) is 0 Å². The van der Waals surface area contributed by atoms with Gasteiger partial charge in [-0.15, -0.1) is 0 Å². The van der Waals surface area contributed by atoms with E-state index in [2.05, 4.69) is 30.3 Å². The summed E-state index contributed by atoms with van der Waals surface area (Å²) in [6, 6.07) is 2.09. The highest BCUT2D eigenvalue weighted by atomic mass is 16.3. The van der Waals surface area contributed by atoms with Gasteiger partial charge in [0.15, 0.2) is 0 Å². The molecule has 1 aromatic heterocycles. The molecule has 2 rings (SSSR count). The molecule has 1 aliphatic carbocycles. The molecule has 3 heteroatoms. The predicted octanol–water partition coefficient (Wildman–Crippen LogP) is 2.23. The van der Waals surface area contributed by atoms with Crippen LogP contribution in [0.1, 0.15) is 31.1 Å². The second-order valence-corrected chi connectivity index (χ2v) is 4.79. The van der Waals surface area contributed by atoms with Gasteiger partial charge in [0.1, 0.15) is 5.76 Å². The summed E-state index contributed by atoms with van der Waals surface area (Å²) in [7, 11) is 2.20. The van der Waals surface area contributed by atoms with Crippen molar-refractivity contribution in [1.82, 2.24) is 10.2 Å². The van der Waals surface area contributed by atoms with Crippen LogP contribution in [0.2, 0.25) is 0 Å². The summed E-state index contributed by atoms with van der Waals surface area (Å²) < 4.78 is 5.50. The molecule has 90 valence electrons. The molecule has 0 atom stereocenters. The molecule has 1 aromatic rings. The number of furan rings is 1. The fourth-order valence-corrected chi connectivity index (χ4v) is 2.00. The third-order valence-electron chi connectivity index (χ3n) is 3.08. The molecule has 3 nitrogen and oxygen atoms in total. The van der Waals surface area contributed by atoms with Crippen molar-refractivity contribution in [3.63, 3.8) is 0 Å². The van der Waals surface area contributed by atoms with Crippen LogP contribution in [0.5, 0.6) is 0 Å². The van der Waals surface area contributed by atoms with Gasteiger partial charge in [0.2, 0.25) is 0 Å². The van der Waals surface area contributed by atoms with Crippen molar-refractivity contribution in [3.05, 3.63) is 23.7 Å². The lowest BCUT2D eigenvalue weighted by Crippen LogP contribution is -2.21. The molecule has 0 amide bonds. The van der Waals surface area contributed by atoms with Gasteiger partial charge in [0.05, 0.1) is 12.8 Å². The molecule has 0 aliphatic heterocycles. The molecule has 0 bridgehead atoms. The van der Waals surface area contributed by atoms with Crippen molar-refractivity contribution in [2.75, 3.05) is 20.1 Å². The molecular weight excluding hydrogens is 200 g/mol. The highest BCUT2D eigenvalue weighted by molar-refractivity contribution is 5.16. The van der Waals surface area contributed by atoms with Gasteiger partial charge in [0, 0.05) is 18.7 Å². The van der Waals surface area contributed by atoms with E-state index in [0.717, 1.165) is 31.3 Å². The van der Waals surface area contributed by atoms with Crippen molar-refractivity contribution in [2.45, 2.75) is 32.9 Å². The third-order valence-corrected chi connectivity index (χ3v) is 3.08. The molecule has 16 heavy (non-hydrogen) atoms. The first-order valence-electron chi connectivity index (χ1n) is 6.24. The van der Waals surface area contributed by atoms with E-state index in [1.165, 1.54) is 24.9 Å². The van der Waals surface area contributed by atoms with Crippen molar-refractivity contribution in [3.8, 4) is 0 Å². The third kappa shape index (κ3) is 3.35. The number of nitrogens with zero attached hydrogens (tertiary/aromatic N) is 1. The van der Waals surface area contributed by atoms with Gasteiger partial charge in [-0.1, -0.05) is 6.92 Å². The van der Waals surface area contributed by atoms with Crippen molar-refractivity contribution in [1.29, 1.82) is 0 Å². The fourth-order valence-electron chi connectivity index (χ4n) is 2.00. The molecule has 0 radical (unpaired) electrons. The van der Waals surface area contributed by atoms with Crippen LogP contribution in [0.3, 0.4) is 0 Å². The van der Waals surface area contributed by atoms with Crippen LogP contribution in [0.4, 0.5) is 0 Å². The highest BCUT2D eigenvalue weighted by Gasteiger charge is 2.23. The lowest BCUT2D eigenvalue weighted by Gasteiger charge is -2.15. The Morgan fingerprint density at radius 1 is 1.50 bits per heavy atom. The molecule has 1 saturated carbocycles. The SMILES string of the molecule is CCNCc1occc1CN(C)CC1CC1. The lowest BCUT2D eigenvalue weighted by molar-refractivity contribution is 0.309. The topological polar surface area (TPSA) is 28.4 Å². The van der Waals surface area contributed by atoms with Gasteiger partial charge in [-0.25, -0.2) is 0 Å². The summed E-state index contributed by atoms with van der Waals surface area (Å²) in [6.07, 6.45) is 4.63. The Morgan fingerprint density at radius 3 is 3.00 bits per heavy atom. The summed E-state index contributed by atoms with van der Waals surface area (Å²) in [5.74, 6) is 2.04. The minimum absolute atomic E-state index is 0.843. The quantitative estimate of drug-likeness (QED) is 0.767. The van der Waals surface area contributed by atoms with Crippen molar-refractivity contribution < 1.29 is 4.42 Å². The van der Waals surface area contributed by atoms with Gasteiger partial charge >= 0.3 is 0 Å². The van der Waals surface area contributed by atoms with Gasteiger partial charge in [0.25, 0.3) is 0 Å². The molecule has 0 unspecified atom stereocenters. The number of rotatable bonds is 7. The molecule has 0 spiro atoms. The van der Waals surface area contributed by atoms with Gasteiger partial charge in [-0.05, 0) is 38.4 Å². The maximum atomic E-state index is 5.50. The van der Waals surface area contributed by atoms with E-state index in [1.807, 2.05) is 0 Å². The van der Waals surface area contributed by atoms with E-state index >= 15 is 0 Å². The first kappa shape index (κ1) is 11.7. The van der Waals surface area contributed by atoms with Crippen LogP contribution in [0.15, 0.2) is 16.7 Å². The van der Waals surface area contributed by atoms with E-state index < -0.39 is 0 Å². The number of nitrogens with one attached hydrogen (secondary N) is 1. The second kappa shape index (κ2) is 5.51. The molecule has 0 aromatic carbocycles. The first-order valence-corrected chi connectivity index (χ1v) is 6.24. The minimum Gasteiger partial charge on any atom is -0.468 e. The molecular formula is C13H22N2O. The molecule has 1 N–H and O–H groups in total. The zero-order chi connectivity index (χ0) is 11.4. The van der Waals surface area contributed by atoms with E-state index in [9.17, 15) is 0 Å². The maximum Gasteiger partial charge on any atom is 0.122 e. The molecule has 0 saturated heterocycles. The standard InChI is InChI=1S/C13H22N2O/c1-3-14-8-13-12(6-7-16-13)10-15(2)9-11-4-5-11/h6-7,11,14H,3-5,8-10H2,1-2H3. The number of hydrogen-bond donors (Lipinski definition) is 1. The highest BCUT2D eigenvalue weighted by Crippen LogP contribution is 2.29. The Bertz CT molecular complexity index is 317. The largest absolute Gasteiger partial charge is 0.468 e. The average Bonchev–Trinajstić information content (AvgIpc) is 2.95. The summed E-state index contributed by atoms with van der Waals surface area (Å²) in [6.45, 7) is 6.18. The Labute approximate surface area is 97.8 Å². The van der Waals surface area contributed by atoms with Crippen molar-refractivity contribution in [2.24, 2.45) is 5.92 Å². The normalized spacial score (nSPS) is 15.9. The van der Waals surface area contributed by atoms with Crippen LogP contribution >= 0.6 is 0 Å². The number of hydrogen-bond acceptors (Lipinski definition) is 3. The van der Waals surface area contributed by atoms with Gasteiger partial charge in [-0.2, -0.15) is 0 Å². The summed E-state index contributed by atoms with van der Waals surface area (Å²) in [4.78, 5) is 2.40. The van der Waals surface area contributed by atoms with Gasteiger partial charge in [-0.3, -0.25) is 0 Å². The minimum atomic E-state index is 0.843. The van der Waals surface area contributed by atoms with Crippen LogP contribution < -0.4 is 5.32 Å². The van der Waals surface area contributed by atoms with Crippen LogP contribution in [-0.4, -0.2) is 25.0 Å². The predicted molar refractivity (Wildman–Crippen MR) is 65.1 cm³/mol. The lowest BCUT2D eigenvalue weighted by atomic mass is 10.2. The van der Waals surface area contributed by atoms with Crippen molar-refractivity contribution >= 4 is 0 Å². The zero-order valence-corrected chi connectivity index (χ0v) is 10.3. The van der Waals surface area contributed by atoms with E-state index in [0.29, 0.717) is 0 Å². The Hall–Kier alpha value is -0.800. The first-order chi connectivity index (χ1) is 7.79. The average molecular weight is 222 g/mol. The summed E-state index contributed by atoms with van der Waals surface area (Å²) in [5.41, 5.74) is 1.32. The van der Waals surface area contributed by atoms with E-state index in [1.54, 1.807) is 6.26 Å². The monoisotopic (exact) mass is 222 g/mol. The van der Waals surface area contributed by atoms with Gasteiger partial charge < -0.3 is 14.6 Å². The second-order valence-electron chi connectivity index (χ2n) is 4.79. The fraction of sp³-hybridized carbons (Fsp3) is 0.692. The van der Waals surface area contributed by atoms with Crippen LogP contribution in [0, 0.1) is 5.92 Å². The summed E-state index contributed by atoms with van der Waals surface area (Å²) in [5, 5.41) is 3.31. The Morgan fingerprint density at radius 2 is 2.31 bits per heavy atom. The summed E-state index contributed by atoms with van der Waals surface area (Å²) >= 11 is 0.